The molecule has 6 heteroatoms. The number of aromatic nitrogens is 2. The van der Waals surface area contributed by atoms with E-state index in [4.69, 9.17) is 5.73 Å². The lowest BCUT2D eigenvalue weighted by atomic mass is 10.0. The fraction of sp³-hybridized carbons (Fsp3) is 0.429. The Hall–Kier alpha value is -1.66. The summed E-state index contributed by atoms with van der Waals surface area (Å²) in [5.41, 5.74) is 4.86. The largest absolute Gasteiger partial charge is 0.368 e. The molecule has 2 aromatic heterocycles. The Balaban J connectivity index is 1.85. The van der Waals surface area contributed by atoms with Crippen LogP contribution in [0.4, 0.5) is 0 Å². The van der Waals surface area contributed by atoms with Gasteiger partial charge in [0.15, 0.2) is 0 Å². The van der Waals surface area contributed by atoms with Crippen LogP contribution in [-0.2, 0) is 11.3 Å². The van der Waals surface area contributed by atoms with Crippen molar-refractivity contribution < 1.29 is 4.79 Å². The van der Waals surface area contributed by atoms with Crippen LogP contribution >= 0.6 is 11.3 Å². The lowest BCUT2D eigenvalue weighted by Crippen LogP contribution is -2.56. The normalized spacial score (nSPS) is 17.9. The molecule has 5 nitrogen and oxygen atoms in total. The van der Waals surface area contributed by atoms with Crippen LogP contribution in [0.5, 0.6) is 0 Å². The first-order chi connectivity index (χ1) is 9.58. The number of nitrogens with two attached hydrogens (primary N) is 1. The molecule has 0 aliphatic heterocycles. The number of nitrogens with one attached hydrogen (secondary N) is 1. The third kappa shape index (κ3) is 2.62. The maximum atomic E-state index is 11.8. The van der Waals surface area contributed by atoms with Gasteiger partial charge in [0.05, 0.1) is 11.4 Å². The molecule has 0 aromatic carbocycles. The van der Waals surface area contributed by atoms with Crippen molar-refractivity contribution in [1.29, 1.82) is 0 Å². The first-order valence-corrected chi connectivity index (χ1v) is 7.59. The summed E-state index contributed by atoms with van der Waals surface area (Å²) >= 11 is 1.64. The Morgan fingerprint density at radius 3 is 3.05 bits per heavy atom. The average molecular weight is 290 g/mol. The average Bonchev–Trinajstić information content (AvgIpc) is 2.91. The van der Waals surface area contributed by atoms with Crippen LogP contribution in [0.25, 0.3) is 10.7 Å². The number of amides is 1. The van der Waals surface area contributed by atoms with Gasteiger partial charge in [-0.1, -0.05) is 6.07 Å². The van der Waals surface area contributed by atoms with Crippen molar-refractivity contribution in [2.45, 2.75) is 37.9 Å². The summed E-state index contributed by atoms with van der Waals surface area (Å²) in [4.78, 5) is 17.3. The van der Waals surface area contributed by atoms with Crippen LogP contribution in [0.1, 0.15) is 19.8 Å². The third-order valence-electron chi connectivity index (χ3n) is 3.59. The molecule has 0 spiro atoms. The number of primary amides is 1. The van der Waals surface area contributed by atoms with E-state index in [9.17, 15) is 4.79 Å². The monoisotopic (exact) mass is 290 g/mol. The highest BCUT2D eigenvalue weighted by Gasteiger charge is 2.37. The van der Waals surface area contributed by atoms with Crippen LogP contribution in [-0.4, -0.2) is 27.0 Å². The molecular formula is C14H18N4OS. The minimum atomic E-state index is -0.742. The van der Waals surface area contributed by atoms with Gasteiger partial charge < -0.3 is 10.3 Å². The van der Waals surface area contributed by atoms with Gasteiger partial charge in [-0.2, -0.15) is 0 Å². The lowest BCUT2D eigenvalue weighted by Gasteiger charge is -2.28. The molecule has 1 amide bonds. The van der Waals surface area contributed by atoms with E-state index < -0.39 is 5.54 Å². The van der Waals surface area contributed by atoms with Gasteiger partial charge in [0.25, 0.3) is 0 Å². The zero-order valence-corrected chi connectivity index (χ0v) is 12.2. The van der Waals surface area contributed by atoms with Gasteiger partial charge in [-0.05, 0) is 31.2 Å². The molecule has 1 unspecified atom stereocenters. The summed E-state index contributed by atoms with van der Waals surface area (Å²) < 4.78 is 1.99. The van der Waals surface area contributed by atoms with Gasteiger partial charge in [-0.25, -0.2) is 4.98 Å². The van der Waals surface area contributed by atoms with E-state index in [0.29, 0.717) is 12.6 Å². The quantitative estimate of drug-likeness (QED) is 0.849. The molecule has 2 heterocycles. The van der Waals surface area contributed by atoms with E-state index in [2.05, 4.69) is 10.3 Å². The van der Waals surface area contributed by atoms with E-state index in [0.717, 1.165) is 23.5 Å². The number of carbonyl (C=O) groups is 1. The highest BCUT2D eigenvalue weighted by molar-refractivity contribution is 7.13. The fourth-order valence-corrected chi connectivity index (χ4v) is 3.02. The molecule has 1 aliphatic carbocycles. The van der Waals surface area contributed by atoms with E-state index in [1.54, 1.807) is 17.5 Å². The number of nitrogens with zero attached hydrogens (tertiary/aromatic N) is 2. The van der Waals surface area contributed by atoms with Crippen molar-refractivity contribution in [2.75, 3.05) is 0 Å². The summed E-state index contributed by atoms with van der Waals surface area (Å²) in [5.74, 6) is 0.556. The Morgan fingerprint density at radius 1 is 1.65 bits per heavy atom. The Morgan fingerprint density at radius 2 is 2.45 bits per heavy atom. The minimum absolute atomic E-state index is 0.324. The predicted octanol–water partition coefficient (Wildman–Crippen LogP) is 1.61. The van der Waals surface area contributed by atoms with E-state index in [1.807, 2.05) is 35.2 Å². The van der Waals surface area contributed by atoms with Crippen LogP contribution in [0.3, 0.4) is 0 Å². The molecule has 1 aliphatic rings. The highest BCUT2D eigenvalue weighted by Crippen LogP contribution is 2.26. The molecule has 1 fully saturated rings. The molecule has 3 rings (SSSR count). The number of hydrogen-bond acceptors (Lipinski definition) is 4. The van der Waals surface area contributed by atoms with E-state index in [-0.39, 0.29) is 5.91 Å². The third-order valence-corrected chi connectivity index (χ3v) is 4.45. The summed E-state index contributed by atoms with van der Waals surface area (Å²) in [5, 5.41) is 5.38. The molecule has 2 aromatic rings. The second-order valence-electron chi connectivity index (χ2n) is 5.47. The fourth-order valence-electron chi connectivity index (χ4n) is 2.28. The van der Waals surface area contributed by atoms with Crippen LogP contribution in [0, 0.1) is 0 Å². The van der Waals surface area contributed by atoms with Crippen molar-refractivity contribution in [3.63, 3.8) is 0 Å². The second-order valence-corrected chi connectivity index (χ2v) is 6.42. The topological polar surface area (TPSA) is 72.9 Å². The van der Waals surface area contributed by atoms with Crippen molar-refractivity contribution >= 4 is 17.2 Å². The molecule has 20 heavy (non-hydrogen) atoms. The van der Waals surface area contributed by atoms with Gasteiger partial charge in [0.2, 0.25) is 5.91 Å². The van der Waals surface area contributed by atoms with Crippen LogP contribution in [0.15, 0.2) is 29.9 Å². The maximum Gasteiger partial charge on any atom is 0.239 e. The van der Waals surface area contributed by atoms with Gasteiger partial charge in [0, 0.05) is 18.4 Å². The van der Waals surface area contributed by atoms with Crippen molar-refractivity contribution in [2.24, 2.45) is 5.73 Å². The number of thiophene rings is 1. The lowest BCUT2D eigenvalue weighted by molar-refractivity contribution is -0.124. The molecule has 0 radical (unpaired) electrons. The molecule has 1 atom stereocenters. The maximum absolute atomic E-state index is 11.8. The van der Waals surface area contributed by atoms with Gasteiger partial charge in [-0.15, -0.1) is 11.3 Å². The van der Waals surface area contributed by atoms with Crippen molar-refractivity contribution in [1.82, 2.24) is 14.9 Å². The smallest absolute Gasteiger partial charge is 0.239 e. The molecule has 0 saturated heterocycles. The van der Waals surface area contributed by atoms with E-state index in [1.165, 1.54) is 0 Å². The van der Waals surface area contributed by atoms with Crippen LogP contribution < -0.4 is 11.1 Å². The SMILES string of the molecule is CC(Cn1ccnc1-c1cccs1)(NC1CC1)C(N)=O. The number of rotatable bonds is 6. The van der Waals surface area contributed by atoms with Crippen molar-refractivity contribution in [3.8, 4) is 10.7 Å². The second kappa shape index (κ2) is 5.03. The Kier molecular flexibility index (Phi) is 3.35. The first kappa shape index (κ1) is 13.3. The molecule has 106 valence electrons. The number of carbonyl (C=O) groups excluding carboxylic acids is 1. The van der Waals surface area contributed by atoms with Crippen LogP contribution in [0.2, 0.25) is 0 Å². The zero-order chi connectivity index (χ0) is 14.2. The first-order valence-electron chi connectivity index (χ1n) is 6.71. The van der Waals surface area contributed by atoms with Gasteiger partial charge >= 0.3 is 0 Å². The predicted molar refractivity (Wildman–Crippen MR) is 79.3 cm³/mol. The summed E-state index contributed by atoms with van der Waals surface area (Å²) in [6.07, 6.45) is 5.88. The Labute approximate surface area is 121 Å². The zero-order valence-electron chi connectivity index (χ0n) is 11.4. The standard InChI is InChI=1S/C14H18N4OS/c1-14(13(15)19,17-10-4-5-10)9-18-7-6-16-12(18)11-3-2-8-20-11/h2-3,6-8,10,17H,4-5,9H2,1H3,(H2,15,19). The summed E-state index contributed by atoms with van der Waals surface area (Å²) in [7, 11) is 0. The number of hydrogen-bond donors (Lipinski definition) is 2. The summed E-state index contributed by atoms with van der Waals surface area (Å²) in [6.45, 7) is 2.36. The number of imidazole rings is 1. The molecule has 1 saturated carbocycles. The van der Waals surface area contributed by atoms with Crippen molar-refractivity contribution in [3.05, 3.63) is 29.9 Å². The van der Waals surface area contributed by atoms with Gasteiger partial charge in [-0.3, -0.25) is 10.1 Å². The molecular weight excluding hydrogens is 272 g/mol. The highest BCUT2D eigenvalue weighted by atomic mass is 32.1. The Bertz CT molecular complexity index is 602. The summed E-state index contributed by atoms with van der Waals surface area (Å²) in [6, 6.07) is 4.44. The minimum Gasteiger partial charge on any atom is -0.368 e. The van der Waals surface area contributed by atoms with E-state index >= 15 is 0 Å². The van der Waals surface area contributed by atoms with Gasteiger partial charge in [0.1, 0.15) is 11.4 Å². The molecule has 0 bridgehead atoms. The molecule has 3 N–H and O–H groups in total.